The number of fused-ring (bicyclic) bond motifs is 1. The zero-order valence-corrected chi connectivity index (χ0v) is 14.8. The first-order chi connectivity index (χ1) is 12.2. The van der Waals surface area contributed by atoms with Crippen molar-refractivity contribution in [3.8, 4) is 0 Å². The number of aryl methyl sites for hydroxylation is 1. The quantitative estimate of drug-likeness (QED) is 0.450. The van der Waals surface area contributed by atoms with E-state index in [0.29, 0.717) is 18.9 Å². The van der Waals surface area contributed by atoms with Crippen molar-refractivity contribution in [2.75, 3.05) is 6.61 Å². The number of aromatic nitrogens is 2. The Bertz CT molecular complexity index is 837. The van der Waals surface area contributed by atoms with E-state index in [1.54, 1.807) is 0 Å². The number of carbonyl (C=O) groups is 1. The van der Waals surface area contributed by atoms with Gasteiger partial charge in [0.25, 0.3) is 0 Å². The summed E-state index contributed by atoms with van der Waals surface area (Å²) in [6.07, 6.45) is 0.855. The van der Waals surface area contributed by atoms with Gasteiger partial charge in [-0.1, -0.05) is 62.4 Å². The Hall–Kier alpha value is -2.46. The average Bonchev–Trinajstić information content (AvgIpc) is 3.00. The van der Waals surface area contributed by atoms with Gasteiger partial charge in [-0.2, -0.15) is 5.10 Å². The largest absolute Gasteiger partial charge is 0.377 e. The number of rotatable bonds is 8. The van der Waals surface area contributed by atoms with Crippen LogP contribution < -0.4 is 0 Å². The lowest BCUT2D eigenvalue weighted by atomic mass is 10.0. The summed E-state index contributed by atoms with van der Waals surface area (Å²) in [4.78, 5) is 12.4. The van der Waals surface area contributed by atoms with Crippen LogP contribution in [0, 0.1) is 5.92 Å². The van der Waals surface area contributed by atoms with Gasteiger partial charge in [-0.25, -0.2) is 0 Å². The van der Waals surface area contributed by atoms with E-state index < -0.39 is 0 Å². The fourth-order valence-electron chi connectivity index (χ4n) is 2.83. The van der Waals surface area contributed by atoms with E-state index >= 15 is 0 Å². The molecule has 3 rings (SSSR count). The molecule has 0 amide bonds. The number of hydrogen-bond donors (Lipinski definition) is 0. The molecule has 1 heterocycles. The van der Waals surface area contributed by atoms with Crippen molar-refractivity contribution >= 4 is 16.7 Å². The highest BCUT2D eigenvalue weighted by atomic mass is 16.5. The molecular weight excluding hydrogens is 312 g/mol. The monoisotopic (exact) mass is 336 g/mol. The topological polar surface area (TPSA) is 44.1 Å². The molecule has 0 fully saturated rings. The summed E-state index contributed by atoms with van der Waals surface area (Å²) in [6, 6.07) is 18.1. The number of benzene rings is 2. The first-order valence-electron chi connectivity index (χ1n) is 8.78. The molecule has 0 spiro atoms. The molecule has 0 unspecified atom stereocenters. The van der Waals surface area contributed by atoms with Gasteiger partial charge in [-0.05, 0) is 18.1 Å². The maximum Gasteiger partial charge on any atom is 0.186 e. The minimum absolute atomic E-state index is 0.0547. The van der Waals surface area contributed by atoms with Crippen LogP contribution >= 0.6 is 0 Å². The van der Waals surface area contributed by atoms with Gasteiger partial charge in [-0.15, -0.1) is 0 Å². The van der Waals surface area contributed by atoms with E-state index in [1.165, 1.54) is 5.56 Å². The number of Topliss-reactive ketones (excluding diaryl/α,β-unsaturated/α-hetero) is 1. The molecular formula is C21H24N2O2. The number of ketones is 1. The van der Waals surface area contributed by atoms with Crippen molar-refractivity contribution in [2.45, 2.75) is 33.4 Å². The lowest BCUT2D eigenvalue weighted by molar-refractivity contribution is 0.0934. The number of hydrogen-bond acceptors (Lipinski definition) is 3. The highest BCUT2D eigenvalue weighted by molar-refractivity contribution is 6.06. The lowest BCUT2D eigenvalue weighted by Crippen LogP contribution is -2.10. The minimum Gasteiger partial charge on any atom is -0.377 e. The van der Waals surface area contributed by atoms with Gasteiger partial charge in [-0.3, -0.25) is 9.48 Å². The van der Waals surface area contributed by atoms with Crippen molar-refractivity contribution in [3.63, 3.8) is 0 Å². The molecule has 0 bridgehead atoms. The second-order valence-electron chi connectivity index (χ2n) is 6.50. The van der Waals surface area contributed by atoms with E-state index in [2.05, 4.69) is 17.2 Å². The van der Waals surface area contributed by atoms with Gasteiger partial charge in [0.2, 0.25) is 0 Å². The first kappa shape index (κ1) is 17.4. The normalized spacial score (nSPS) is 11.3. The number of nitrogens with zero attached hydrogens (tertiary/aromatic N) is 2. The molecule has 0 aliphatic rings. The molecule has 2 aromatic carbocycles. The molecule has 1 aromatic heterocycles. The maximum atomic E-state index is 12.4. The Labute approximate surface area is 148 Å². The Morgan fingerprint density at radius 3 is 2.56 bits per heavy atom. The third-order valence-corrected chi connectivity index (χ3v) is 4.19. The van der Waals surface area contributed by atoms with Gasteiger partial charge >= 0.3 is 0 Å². The summed E-state index contributed by atoms with van der Waals surface area (Å²) in [5.74, 6) is 0.0382. The van der Waals surface area contributed by atoms with Crippen molar-refractivity contribution < 1.29 is 9.53 Å². The molecule has 0 aliphatic heterocycles. The molecule has 4 heteroatoms. The van der Waals surface area contributed by atoms with Crippen LogP contribution in [-0.4, -0.2) is 22.2 Å². The van der Waals surface area contributed by atoms with Crippen LogP contribution in [0.3, 0.4) is 0 Å². The Balaban J connectivity index is 1.62. The Morgan fingerprint density at radius 1 is 1.08 bits per heavy atom. The maximum absolute atomic E-state index is 12.4. The van der Waals surface area contributed by atoms with Crippen LogP contribution in [-0.2, 0) is 17.9 Å². The smallest absolute Gasteiger partial charge is 0.186 e. The van der Waals surface area contributed by atoms with Crippen LogP contribution in [0.15, 0.2) is 54.6 Å². The number of para-hydroxylation sites is 1. The van der Waals surface area contributed by atoms with E-state index in [-0.39, 0.29) is 11.7 Å². The fourth-order valence-corrected chi connectivity index (χ4v) is 2.83. The second kappa shape index (κ2) is 8.08. The summed E-state index contributed by atoms with van der Waals surface area (Å²) in [7, 11) is 0. The Morgan fingerprint density at radius 2 is 1.80 bits per heavy atom. The zero-order valence-electron chi connectivity index (χ0n) is 14.8. The number of carbonyl (C=O) groups excluding carboxylic acids is 1. The molecule has 0 radical (unpaired) electrons. The van der Waals surface area contributed by atoms with E-state index in [9.17, 15) is 4.79 Å². The van der Waals surface area contributed by atoms with Crippen LogP contribution in [0.4, 0.5) is 0 Å². The predicted octanol–water partition coefficient (Wildman–Crippen LogP) is 4.48. The van der Waals surface area contributed by atoms with Crippen molar-refractivity contribution in [1.29, 1.82) is 0 Å². The predicted molar refractivity (Wildman–Crippen MR) is 99.6 cm³/mol. The molecule has 0 atom stereocenters. The SMILES string of the molecule is CC(C)C(=O)c1nn(CCCOCc2ccccc2)c2ccccc12. The summed E-state index contributed by atoms with van der Waals surface area (Å²) in [6.45, 7) is 5.84. The van der Waals surface area contributed by atoms with Crippen LogP contribution in [0.5, 0.6) is 0 Å². The zero-order chi connectivity index (χ0) is 17.6. The highest BCUT2D eigenvalue weighted by Crippen LogP contribution is 2.21. The summed E-state index contributed by atoms with van der Waals surface area (Å²) in [5.41, 5.74) is 2.77. The molecule has 0 aliphatic carbocycles. The standard InChI is InChI=1S/C21H24N2O2/c1-16(2)21(24)20-18-11-6-7-12-19(18)23(22-20)13-8-14-25-15-17-9-4-3-5-10-17/h3-7,9-12,16H,8,13-15H2,1-2H3. The number of ether oxygens (including phenoxy) is 1. The van der Waals surface area contributed by atoms with E-state index in [0.717, 1.165) is 23.9 Å². The van der Waals surface area contributed by atoms with Crippen LogP contribution in [0.1, 0.15) is 36.3 Å². The van der Waals surface area contributed by atoms with Crippen LogP contribution in [0.25, 0.3) is 10.9 Å². The van der Waals surface area contributed by atoms with E-state index in [4.69, 9.17) is 4.74 Å². The molecule has 25 heavy (non-hydrogen) atoms. The molecule has 0 saturated carbocycles. The summed E-state index contributed by atoms with van der Waals surface area (Å²) in [5, 5.41) is 5.51. The van der Waals surface area contributed by atoms with Crippen molar-refractivity contribution in [3.05, 3.63) is 65.9 Å². The summed E-state index contributed by atoms with van der Waals surface area (Å²) < 4.78 is 7.67. The molecule has 130 valence electrons. The van der Waals surface area contributed by atoms with E-state index in [1.807, 2.05) is 61.0 Å². The second-order valence-corrected chi connectivity index (χ2v) is 6.50. The van der Waals surface area contributed by atoms with Gasteiger partial charge in [0.05, 0.1) is 12.1 Å². The highest BCUT2D eigenvalue weighted by Gasteiger charge is 2.19. The fraction of sp³-hybridized carbons (Fsp3) is 0.333. The van der Waals surface area contributed by atoms with Gasteiger partial charge in [0.1, 0.15) is 5.69 Å². The third kappa shape index (κ3) is 4.15. The Kier molecular flexibility index (Phi) is 5.61. The van der Waals surface area contributed by atoms with Gasteiger partial charge < -0.3 is 4.74 Å². The molecule has 0 N–H and O–H groups in total. The minimum atomic E-state index is -0.0547. The lowest BCUT2D eigenvalue weighted by Gasteiger charge is -2.06. The first-order valence-corrected chi connectivity index (χ1v) is 8.78. The molecule has 4 nitrogen and oxygen atoms in total. The summed E-state index contributed by atoms with van der Waals surface area (Å²) >= 11 is 0. The third-order valence-electron chi connectivity index (χ3n) is 4.19. The molecule has 0 saturated heterocycles. The van der Waals surface area contributed by atoms with Crippen molar-refractivity contribution in [2.24, 2.45) is 5.92 Å². The molecule has 3 aromatic rings. The van der Waals surface area contributed by atoms with Crippen molar-refractivity contribution in [1.82, 2.24) is 9.78 Å². The van der Waals surface area contributed by atoms with Crippen LogP contribution in [0.2, 0.25) is 0 Å². The van der Waals surface area contributed by atoms with Gasteiger partial charge in [0.15, 0.2) is 5.78 Å². The average molecular weight is 336 g/mol. The van der Waals surface area contributed by atoms with Gasteiger partial charge in [0, 0.05) is 24.5 Å².